The summed E-state index contributed by atoms with van der Waals surface area (Å²) in [6.07, 6.45) is 21.7. The Labute approximate surface area is 147 Å². The maximum Gasteiger partial charge on any atom is 0.336 e. The van der Waals surface area contributed by atoms with Crippen LogP contribution in [0.25, 0.3) is 0 Å². The molecular formula is C21H34O3. The van der Waals surface area contributed by atoms with Crippen molar-refractivity contribution in [1.82, 2.24) is 0 Å². The molecule has 0 spiro atoms. The van der Waals surface area contributed by atoms with Crippen molar-refractivity contribution in [3.05, 3.63) is 11.6 Å². The monoisotopic (exact) mass is 334 g/mol. The van der Waals surface area contributed by atoms with E-state index in [-0.39, 0.29) is 5.97 Å². The number of hydrogen-bond acceptors (Lipinski definition) is 3. The number of carbonyl (C=O) groups excluding carboxylic acids is 1. The normalized spacial score (nSPS) is 21.9. The smallest absolute Gasteiger partial charge is 0.336 e. The summed E-state index contributed by atoms with van der Waals surface area (Å²) < 4.78 is 4.99. The van der Waals surface area contributed by atoms with Crippen LogP contribution in [0.3, 0.4) is 0 Å². The lowest BCUT2D eigenvalue weighted by Gasteiger charge is -2.05. The SMILES string of the molecule is C#CCCCCCCCCCCCCC/C=C1\C(=O)O[C@@H](C)[C@@H]1O. The van der Waals surface area contributed by atoms with Gasteiger partial charge in [-0.25, -0.2) is 4.79 Å². The van der Waals surface area contributed by atoms with Gasteiger partial charge in [0.1, 0.15) is 12.2 Å². The van der Waals surface area contributed by atoms with E-state index in [0.29, 0.717) is 5.57 Å². The van der Waals surface area contributed by atoms with Gasteiger partial charge in [0.25, 0.3) is 0 Å². The third-order valence-electron chi connectivity index (χ3n) is 4.68. The summed E-state index contributed by atoms with van der Waals surface area (Å²) in [6, 6.07) is 0. The average molecular weight is 334 g/mol. The van der Waals surface area contributed by atoms with Gasteiger partial charge in [0.05, 0.1) is 5.57 Å². The molecule has 0 saturated carbocycles. The van der Waals surface area contributed by atoms with Gasteiger partial charge in [-0.3, -0.25) is 0 Å². The summed E-state index contributed by atoms with van der Waals surface area (Å²) in [7, 11) is 0. The molecule has 1 fully saturated rings. The highest BCUT2D eigenvalue weighted by molar-refractivity contribution is 5.92. The Morgan fingerprint density at radius 1 is 1.00 bits per heavy atom. The quantitative estimate of drug-likeness (QED) is 0.225. The third kappa shape index (κ3) is 8.55. The summed E-state index contributed by atoms with van der Waals surface area (Å²) in [5.41, 5.74) is 0.449. The molecule has 24 heavy (non-hydrogen) atoms. The molecular weight excluding hydrogens is 300 g/mol. The number of cyclic esters (lactones) is 1. The van der Waals surface area contributed by atoms with E-state index in [4.69, 9.17) is 11.2 Å². The van der Waals surface area contributed by atoms with Crippen molar-refractivity contribution in [1.29, 1.82) is 0 Å². The summed E-state index contributed by atoms with van der Waals surface area (Å²) in [5, 5.41) is 9.81. The predicted octanol–water partition coefficient (Wildman–Crippen LogP) is 4.92. The van der Waals surface area contributed by atoms with Crippen LogP contribution in [0.1, 0.15) is 90.4 Å². The molecule has 0 aliphatic carbocycles. The number of hydrogen-bond donors (Lipinski definition) is 1. The van der Waals surface area contributed by atoms with Gasteiger partial charge in [-0.1, -0.05) is 63.9 Å². The fourth-order valence-electron chi connectivity index (χ4n) is 3.10. The Morgan fingerprint density at radius 2 is 1.50 bits per heavy atom. The minimum absolute atomic E-state index is 0.353. The molecule has 1 aliphatic rings. The number of aliphatic hydroxyl groups excluding tert-OH is 1. The first-order chi connectivity index (χ1) is 11.7. The lowest BCUT2D eigenvalue weighted by Crippen LogP contribution is -2.17. The molecule has 0 aromatic heterocycles. The van der Waals surface area contributed by atoms with E-state index in [2.05, 4.69) is 5.92 Å². The highest BCUT2D eigenvalue weighted by Crippen LogP contribution is 2.22. The van der Waals surface area contributed by atoms with Crippen molar-refractivity contribution in [2.75, 3.05) is 0 Å². The molecule has 2 atom stereocenters. The molecule has 3 nitrogen and oxygen atoms in total. The van der Waals surface area contributed by atoms with Gasteiger partial charge >= 0.3 is 5.97 Å². The molecule has 0 aromatic rings. The zero-order valence-electron chi connectivity index (χ0n) is 15.3. The number of allylic oxidation sites excluding steroid dienone is 1. The van der Waals surface area contributed by atoms with Crippen LogP contribution in [0, 0.1) is 12.3 Å². The molecule has 1 saturated heterocycles. The predicted molar refractivity (Wildman–Crippen MR) is 98.5 cm³/mol. The van der Waals surface area contributed by atoms with Crippen LogP contribution < -0.4 is 0 Å². The Bertz CT molecular complexity index is 419. The van der Waals surface area contributed by atoms with Crippen molar-refractivity contribution in [2.24, 2.45) is 0 Å². The summed E-state index contributed by atoms with van der Waals surface area (Å²) in [5.74, 6) is 2.34. The number of carbonyl (C=O) groups is 1. The van der Waals surface area contributed by atoms with Gasteiger partial charge in [0, 0.05) is 6.42 Å². The Hall–Kier alpha value is -1.27. The molecule has 1 heterocycles. The number of rotatable bonds is 13. The van der Waals surface area contributed by atoms with Gasteiger partial charge in [-0.15, -0.1) is 12.3 Å². The molecule has 0 aromatic carbocycles. The Kier molecular flexibility index (Phi) is 11.3. The van der Waals surface area contributed by atoms with Gasteiger partial charge in [0.15, 0.2) is 0 Å². The number of aliphatic hydroxyl groups is 1. The molecule has 3 heteroatoms. The molecule has 136 valence electrons. The van der Waals surface area contributed by atoms with Gasteiger partial charge in [-0.2, -0.15) is 0 Å². The zero-order chi connectivity index (χ0) is 17.6. The lowest BCUT2D eigenvalue weighted by atomic mass is 10.0. The fraction of sp³-hybridized carbons (Fsp3) is 0.762. The van der Waals surface area contributed by atoms with E-state index < -0.39 is 12.2 Å². The molecule has 0 unspecified atom stereocenters. The standard InChI is InChI=1S/C21H34O3/c1-3-4-5-6-7-8-9-10-11-12-13-14-15-16-17-19-20(22)18(2)24-21(19)23/h1,17-18,20,22H,4-16H2,2H3/b19-17-/t18-,20-/m0/s1. The van der Waals surface area contributed by atoms with Crippen LogP contribution in [0.15, 0.2) is 11.6 Å². The molecule has 0 amide bonds. The zero-order valence-corrected chi connectivity index (χ0v) is 15.3. The summed E-state index contributed by atoms with van der Waals surface area (Å²) in [6.45, 7) is 1.72. The largest absolute Gasteiger partial charge is 0.456 e. The summed E-state index contributed by atoms with van der Waals surface area (Å²) >= 11 is 0. The van der Waals surface area contributed by atoms with Crippen molar-refractivity contribution < 1.29 is 14.6 Å². The van der Waals surface area contributed by atoms with Crippen molar-refractivity contribution in [3.63, 3.8) is 0 Å². The second-order valence-electron chi connectivity index (χ2n) is 6.85. The maximum atomic E-state index is 11.5. The fourth-order valence-corrected chi connectivity index (χ4v) is 3.10. The van der Waals surface area contributed by atoms with Crippen LogP contribution in [-0.2, 0) is 9.53 Å². The first-order valence-electron chi connectivity index (χ1n) is 9.69. The van der Waals surface area contributed by atoms with Crippen molar-refractivity contribution >= 4 is 5.97 Å². The molecule has 1 aliphatic heterocycles. The van der Waals surface area contributed by atoms with E-state index in [1.165, 1.54) is 64.2 Å². The molecule has 0 bridgehead atoms. The summed E-state index contributed by atoms with van der Waals surface area (Å²) in [4.78, 5) is 11.5. The van der Waals surface area contributed by atoms with Crippen LogP contribution in [0.2, 0.25) is 0 Å². The number of esters is 1. The van der Waals surface area contributed by atoms with Gasteiger partial charge in [-0.05, 0) is 26.2 Å². The minimum atomic E-state index is -0.746. The van der Waals surface area contributed by atoms with Crippen LogP contribution in [0.5, 0.6) is 0 Å². The lowest BCUT2D eigenvalue weighted by molar-refractivity contribution is -0.138. The van der Waals surface area contributed by atoms with Gasteiger partial charge < -0.3 is 9.84 Å². The van der Waals surface area contributed by atoms with E-state index in [0.717, 1.165) is 19.3 Å². The van der Waals surface area contributed by atoms with Gasteiger partial charge in [0.2, 0.25) is 0 Å². The second-order valence-corrected chi connectivity index (χ2v) is 6.85. The van der Waals surface area contributed by atoms with Crippen LogP contribution in [0.4, 0.5) is 0 Å². The van der Waals surface area contributed by atoms with E-state index in [1.807, 2.05) is 6.08 Å². The average Bonchev–Trinajstić information content (AvgIpc) is 2.81. The Balaban J connectivity index is 1.88. The number of terminal acetylenes is 1. The van der Waals surface area contributed by atoms with E-state index in [1.54, 1.807) is 6.92 Å². The third-order valence-corrected chi connectivity index (χ3v) is 4.68. The number of ether oxygens (including phenoxy) is 1. The minimum Gasteiger partial charge on any atom is -0.456 e. The second kappa shape index (κ2) is 13.1. The van der Waals surface area contributed by atoms with Crippen LogP contribution in [-0.4, -0.2) is 23.3 Å². The topological polar surface area (TPSA) is 46.5 Å². The molecule has 1 N–H and O–H groups in total. The number of unbranched alkanes of at least 4 members (excludes halogenated alkanes) is 12. The van der Waals surface area contributed by atoms with E-state index in [9.17, 15) is 9.90 Å². The molecule has 1 rings (SSSR count). The Morgan fingerprint density at radius 3 is 1.96 bits per heavy atom. The first-order valence-corrected chi connectivity index (χ1v) is 9.69. The van der Waals surface area contributed by atoms with Crippen molar-refractivity contribution in [3.8, 4) is 12.3 Å². The molecule has 0 radical (unpaired) electrons. The highest BCUT2D eigenvalue weighted by atomic mass is 16.6. The van der Waals surface area contributed by atoms with E-state index >= 15 is 0 Å². The first kappa shape index (κ1) is 20.8. The van der Waals surface area contributed by atoms with Crippen molar-refractivity contribution in [2.45, 2.75) is 103 Å². The van der Waals surface area contributed by atoms with Crippen LogP contribution >= 0.6 is 0 Å². The highest BCUT2D eigenvalue weighted by Gasteiger charge is 2.34. The maximum absolute atomic E-state index is 11.5.